The molecule has 19 heavy (non-hydrogen) atoms. The lowest BCUT2D eigenvalue weighted by molar-refractivity contribution is 0.276. The number of sulfone groups is 1. The van der Waals surface area contributed by atoms with E-state index in [-0.39, 0.29) is 12.4 Å². The average Bonchev–Trinajstić information content (AvgIpc) is 2.73. The van der Waals surface area contributed by atoms with Crippen LogP contribution in [0.5, 0.6) is 0 Å². The smallest absolute Gasteiger partial charge is 0.153 e. The van der Waals surface area contributed by atoms with Gasteiger partial charge in [0.2, 0.25) is 0 Å². The van der Waals surface area contributed by atoms with Gasteiger partial charge in [-0.25, -0.2) is 13.4 Å². The second kappa shape index (κ2) is 5.18. The van der Waals surface area contributed by atoms with Crippen molar-refractivity contribution in [2.24, 2.45) is 0 Å². The molecule has 0 saturated carbocycles. The summed E-state index contributed by atoms with van der Waals surface area (Å²) in [5, 5.41) is 9.48. The Hall–Kier alpha value is -1.60. The number of nitrogens with zero attached hydrogens (tertiary/aromatic N) is 3. The van der Waals surface area contributed by atoms with Crippen LogP contribution in [-0.2, 0) is 16.4 Å². The zero-order chi connectivity index (χ0) is 14.0. The molecule has 0 atom stereocenters. The van der Waals surface area contributed by atoms with Crippen molar-refractivity contribution in [1.29, 1.82) is 0 Å². The van der Waals surface area contributed by atoms with E-state index >= 15 is 0 Å². The van der Waals surface area contributed by atoms with Crippen LogP contribution >= 0.6 is 0 Å². The van der Waals surface area contributed by atoms with Gasteiger partial charge in [0.25, 0.3) is 0 Å². The summed E-state index contributed by atoms with van der Waals surface area (Å²) in [4.78, 5) is 6.17. The van der Waals surface area contributed by atoms with Gasteiger partial charge in [-0.3, -0.25) is 4.40 Å². The highest BCUT2D eigenvalue weighted by atomic mass is 32.2. The second-order valence-corrected chi connectivity index (χ2v) is 6.78. The maximum Gasteiger partial charge on any atom is 0.153 e. The van der Waals surface area contributed by atoms with E-state index in [0.717, 1.165) is 5.65 Å². The van der Waals surface area contributed by atoms with Crippen molar-refractivity contribution >= 4 is 21.3 Å². The van der Waals surface area contributed by atoms with Crippen LogP contribution in [0.1, 0.15) is 5.69 Å². The predicted octanol–water partition coefficient (Wildman–Crippen LogP) is 0.307. The fourth-order valence-corrected chi connectivity index (χ4v) is 2.50. The Morgan fingerprint density at radius 2 is 2.16 bits per heavy atom. The van der Waals surface area contributed by atoms with Gasteiger partial charge in [-0.2, -0.15) is 0 Å². The first-order chi connectivity index (χ1) is 8.92. The number of pyridine rings is 1. The van der Waals surface area contributed by atoms with Crippen molar-refractivity contribution < 1.29 is 13.5 Å². The number of rotatable bonds is 5. The van der Waals surface area contributed by atoms with Crippen LogP contribution in [0.4, 0.5) is 5.82 Å². The molecule has 0 amide bonds. The number of imidazole rings is 1. The number of aliphatic hydroxyl groups excluding tert-OH is 1. The molecular weight excluding hydrogens is 266 g/mol. The summed E-state index contributed by atoms with van der Waals surface area (Å²) in [6.07, 6.45) is 3.03. The molecule has 7 heteroatoms. The summed E-state index contributed by atoms with van der Waals surface area (Å²) in [5.41, 5.74) is 1.39. The van der Waals surface area contributed by atoms with Gasteiger partial charge >= 0.3 is 0 Å². The molecule has 2 heterocycles. The van der Waals surface area contributed by atoms with Crippen LogP contribution in [0.3, 0.4) is 0 Å². The summed E-state index contributed by atoms with van der Waals surface area (Å²) < 4.78 is 24.2. The Labute approximate surface area is 112 Å². The minimum Gasteiger partial charge on any atom is -0.390 e. The number of hydrogen-bond acceptors (Lipinski definition) is 5. The van der Waals surface area contributed by atoms with Crippen LogP contribution < -0.4 is 4.90 Å². The van der Waals surface area contributed by atoms with E-state index in [1.807, 2.05) is 24.4 Å². The molecule has 2 aromatic rings. The highest BCUT2D eigenvalue weighted by molar-refractivity contribution is 7.90. The van der Waals surface area contributed by atoms with Crippen molar-refractivity contribution in [2.45, 2.75) is 6.61 Å². The lowest BCUT2D eigenvalue weighted by atomic mass is 10.4. The van der Waals surface area contributed by atoms with Crippen LogP contribution in [-0.4, -0.2) is 48.5 Å². The zero-order valence-corrected chi connectivity index (χ0v) is 11.8. The SMILES string of the molecule is CN(CCS(C)(=O)=O)c1nc2ccccn2c1CO. The Morgan fingerprint density at radius 1 is 1.42 bits per heavy atom. The summed E-state index contributed by atoms with van der Waals surface area (Å²) in [5.74, 6) is 0.666. The molecule has 0 aliphatic carbocycles. The minimum absolute atomic E-state index is 0.0578. The van der Waals surface area contributed by atoms with Gasteiger partial charge in [0, 0.05) is 26.0 Å². The highest BCUT2D eigenvalue weighted by Crippen LogP contribution is 2.20. The minimum atomic E-state index is -3.02. The van der Waals surface area contributed by atoms with Gasteiger partial charge in [0.1, 0.15) is 15.5 Å². The van der Waals surface area contributed by atoms with Crippen molar-refractivity contribution in [3.05, 3.63) is 30.1 Å². The third kappa shape index (κ3) is 3.05. The second-order valence-electron chi connectivity index (χ2n) is 4.52. The molecule has 0 unspecified atom stereocenters. The van der Waals surface area contributed by atoms with Crippen molar-refractivity contribution in [3.63, 3.8) is 0 Å². The standard InChI is InChI=1S/C12H17N3O3S/c1-14(7-8-19(2,17)18)12-10(9-16)15-6-4-3-5-11(15)13-12/h3-6,16H,7-9H2,1-2H3. The van der Waals surface area contributed by atoms with E-state index in [0.29, 0.717) is 18.1 Å². The number of hydrogen-bond donors (Lipinski definition) is 1. The normalized spacial score (nSPS) is 11.9. The molecule has 1 N–H and O–H groups in total. The number of fused-ring (bicyclic) bond motifs is 1. The molecule has 0 radical (unpaired) electrons. The van der Waals surface area contributed by atoms with Crippen LogP contribution in [0.25, 0.3) is 5.65 Å². The van der Waals surface area contributed by atoms with E-state index in [9.17, 15) is 13.5 Å². The quantitative estimate of drug-likeness (QED) is 0.854. The molecule has 6 nitrogen and oxygen atoms in total. The number of aromatic nitrogens is 2. The molecule has 0 spiro atoms. The summed E-state index contributed by atoms with van der Waals surface area (Å²) in [6, 6.07) is 5.56. The van der Waals surface area contributed by atoms with Crippen LogP contribution in [0, 0.1) is 0 Å². The van der Waals surface area contributed by atoms with Crippen molar-refractivity contribution in [2.75, 3.05) is 30.5 Å². The molecule has 2 aromatic heterocycles. The van der Waals surface area contributed by atoms with Crippen molar-refractivity contribution in [3.8, 4) is 0 Å². The van der Waals surface area contributed by atoms with Gasteiger partial charge in [0.15, 0.2) is 5.82 Å². The summed E-state index contributed by atoms with van der Waals surface area (Å²) in [6.45, 7) is 0.194. The average molecular weight is 283 g/mol. The fourth-order valence-electron chi connectivity index (χ4n) is 1.90. The molecule has 0 aliphatic rings. The number of aliphatic hydroxyl groups is 1. The molecule has 0 aromatic carbocycles. The van der Waals surface area contributed by atoms with Gasteiger partial charge < -0.3 is 10.0 Å². The van der Waals surface area contributed by atoms with Gasteiger partial charge in [-0.05, 0) is 12.1 Å². The third-order valence-corrected chi connectivity index (χ3v) is 3.84. The third-order valence-electron chi connectivity index (χ3n) is 2.92. The molecule has 104 valence electrons. The maximum absolute atomic E-state index is 11.2. The first-order valence-corrected chi connectivity index (χ1v) is 7.94. The fraction of sp³-hybridized carbons (Fsp3) is 0.417. The monoisotopic (exact) mass is 283 g/mol. The highest BCUT2D eigenvalue weighted by Gasteiger charge is 2.15. The van der Waals surface area contributed by atoms with Crippen molar-refractivity contribution in [1.82, 2.24) is 9.38 Å². The number of anilines is 1. The molecule has 0 saturated heterocycles. The molecule has 0 bridgehead atoms. The Balaban J connectivity index is 2.33. The molecule has 2 rings (SSSR count). The van der Waals surface area contributed by atoms with E-state index in [1.54, 1.807) is 16.3 Å². The zero-order valence-electron chi connectivity index (χ0n) is 10.9. The van der Waals surface area contributed by atoms with Gasteiger partial charge in [-0.1, -0.05) is 6.07 Å². The van der Waals surface area contributed by atoms with E-state index in [1.165, 1.54) is 6.26 Å². The predicted molar refractivity (Wildman–Crippen MR) is 74.1 cm³/mol. The Morgan fingerprint density at radius 3 is 2.79 bits per heavy atom. The van der Waals surface area contributed by atoms with E-state index < -0.39 is 9.84 Å². The molecular formula is C12H17N3O3S. The summed E-state index contributed by atoms with van der Waals surface area (Å²) in [7, 11) is -1.25. The lowest BCUT2D eigenvalue weighted by Gasteiger charge is -2.17. The lowest BCUT2D eigenvalue weighted by Crippen LogP contribution is -2.26. The van der Waals surface area contributed by atoms with Gasteiger partial charge in [-0.15, -0.1) is 0 Å². The summed E-state index contributed by atoms with van der Waals surface area (Å²) >= 11 is 0. The topological polar surface area (TPSA) is 74.9 Å². The van der Waals surface area contributed by atoms with E-state index in [2.05, 4.69) is 4.98 Å². The first-order valence-electron chi connectivity index (χ1n) is 5.88. The van der Waals surface area contributed by atoms with Crippen LogP contribution in [0.15, 0.2) is 24.4 Å². The maximum atomic E-state index is 11.2. The van der Waals surface area contributed by atoms with Crippen LogP contribution in [0.2, 0.25) is 0 Å². The Bertz CT molecular complexity index is 679. The largest absolute Gasteiger partial charge is 0.390 e. The first kappa shape index (κ1) is 13.8. The molecule has 0 aliphatic heterocycles. The molecule has 0 fully saturated rings. The Kier molecular flexibility index (Phi) is 3.77. The van der Waals surface area contributed by atoms with E-state index in [4.69, 9.17) is 0 Å². The van der Waals surface area contributed by atoms with Gasteiger partial charge in [0.05, 0.1) is 18.1 Å².